The first-order chi connectivity index (χ1) is 29.7. The van der Waals surface area contributed by atoms with Crippen LogP contribution in [0.25, 0.3) is 0 Å². The molecule has 60 heavy (non-hydrogen) atoms. The lowest BCUT2D eigenvalue weighted by Crippen LogP contribution is -2.45. The minimum atomic E-state index is -0.871. The molecule has 1 amide bonds. The number of rotatable bonds is 45. The molecular formula is C56H97NO3. The Kier molecular flexibility index (Phi) is 48.4. The van der Waals surface area contributed by atoms with E-state index in [4.69, 9.17) is 0 Å². The quantitative estimate of drug-likeness (QED) is 0.0423. The van der Waals surface area contributed by atoms with E-state index in [-0.39, 0.29) is 12.5 Å². The van der Waals surface area contributed by atoms with Gasteiger partial charge in [0.05, 0.1) is 18.8 Å². The van der Waals surface area contributed by atoms with Crippen LogP contribution in [0, 0.1) is 0 Å². The highest BCUT2D eigenvalue weighted by Gasteiger charge is 2.17. The van der Waals surface area contributed by atoms with Gasteiger partial charge < -0.3 is 15.5 Å². The van der Waals surface area contributed by atoms with Gasteiger partial charge in [0.25, 0.3) is 0 Å². The van der Waals surface area contributed by atoms with Crippen LogP contribution in [0.5, 0.6) is 0 Å². The third kappa shape index (κ3) is 46.4. The van der Waals surface area contributed by atoms with Gasteiger partial charge in [-0.05, 0) is 83.5 Å². The first-order valence-electron chi connectivity index (χ1n) is 25.5. The van der Waals surface area contributed by atoms with Crippen LogP contribution in [0.2, 0.25) is 0 Å². The Balaban J connectivity index is 3.46. The average molecular weight is 832 g/mol. The van der Waals surface area contributed by atoms with Gasteiger partial charge in [-0.25, -0.2) is 0 Å². The van der Waals surface area contributed by atoms with Crippen molar-refractivity contribution in [2.24, 2.45) is 0 Å². The number of aliphatic hydroxyl groups excluding tert-OH is 2. The van der Waals surface area contributed by atoms with Crippen molar-refractivity contribution in [3.63, 3.8) is 0 Å². The normalized spacial score (nSPS) is 13.7. The molecule has 0 saturated heterocycles. The summed E-state index contributed by atoms with van der Waals surface area (Å²) in [5, 5.41) is 22.9. The summed E-state index contributed by atoms with van der Waals surface area (Å²) in [5.41, 5.74) is 0. The molecule has 0 aliphatic rings. The van der Waals surface area contributed by atoms with Gasteiger partial charge in [0.2, 0.25) is 5.91 Å². The van der Waals surface area contributed by atoms with Gasteiger partial charge >= 0.3 is 0 Å². The Bertz CT molecular complexity index is 1130. The number of aliphatic hydroxyl groups is 2. The molecule has 0 radical (unpaired) electrons. The second-order valence-corrected chi connectivity index (χ2v) is 16.8. The number of nitrogens with one attached hydrogen (secondary N) is 1. The van der Waals surface area contributed by atoms with E-state index in [2.05, 4.69) is 104 Å². The smallest absolute Gasteiger partial charge is 0.220 e. The van der Waals surface area contributed by atoms with E-state index in [9.17, 15) is 15.0 Å². The molecule has 3 N–H and O–H groups in total. The first kappa shape index (κ1) is 57.3. The van der Waals surface area contributed by atoms with E-state index in [1.54, 1.807) is 6.08 Å². The standard InChI is InChI=1S/C56H97NO3/c1-3-5-7-9-11-13-15-16-17-18-19-20-21-22-23-24-25-26-27-28-29-30-31-32-33-34-35-36-37-38-39-40-42-44-46-48-50-52-56(60)57-54(53-58)55(59)51-49-47-45-43-41-14-12-10-8-6-4-2/h5,7-8,10-11,13,16-17,19-20,22-23,41,43,49,51,54-55,58-59H,3-4,6,9,12,14-15,18,21,24-40,42,44-48,50,52-53H2,1-2H3,(H,57,60)/b7-5-,10-8+,13-11-,17-16-,20-19-,23-22-,43-41+,51-49+. The van der Waals surface area contributed by atoms with Crippen molar-refractivity contribution in [3.05, 3.63) is 97.2 Å². The second kappa shape index (κ2) is 50.7. The zero-order chi connectivity index (χ0) is 43.5. The Morgan fingerprint density at radius 3 is 1.15 bits per heavy atom. The molecule has 0 bridgehead atoms. The Morgan fingerprint density at radius 2 is 0.750 bits per heavy atom. The molecule has 0 spiro atoms. The molecule has 4 heteroatoms. The molecule has 344 valence electrons. The fourth-order valence-corrected chi connectivity index (χ4v) is 7.19. The SMILES string of the molecule is CC/C=C\C/C=C\C/C=C\C/C=C\C/C=C\CCCCCCCCCCCCCCCCCCCCCCCC(=O)NC(CO)C(O)/C=C/CC/C=C/CC/C=C/CCC. The fourth-order valence-electron chi connectivity index (χ4n) is 7.19. The number of carbonyl (C=O) groups is 1. The van der Waals surface area contributed by atoms with E-state index in [0.29, 0.717) is 6.42 Å². The molecule has 0 aliphatic heterocycles. The summed E-state index contributed by atoms with van der Waals surface area (Å²) < 4.78 is 0. The van der Waals surface area contributed by atoms with Gasteiger partial charge in [-0.2, -0.15) is 0 Å². The largest absolute Gasteiger partial charge is 0.394 e. The Labute approximate surface area is 373 Å². The van der Waals surface area contributed by atoms with E-state index >= 15 is 0 Å². The van der Waals surface area contributed by atoms with E-state index < -0.39 is 12.1 Å². The minimum Gasteiger partial charge on any atom is -0.394 e. The van der Waals surface area contributed by atoms with Gasteiger partial charge in [-0.1, -0.05) is 239 Å². The van der Waals surface area contributed by atoms with Crippen molar-refractivity contribution in [2.75, 3.05) is 6.61 Å². The van der Waals surface area contributed by atoms with Gasteiger partial charge in [0, 0.05) is 6.42 Å². The molecule has 0 aromatic carbocycles. The molecule has 0 rings (SSSR count). The first-order valence-corrected chi connectivity index (χ1v) is 25.5. The number of hydrogen-bond donors (Lipinski definition) is 3. The number of carbonyl (C=O) groups excluding carboxylic acids is 1. The van der Waals surface area contributed by atoms with Crippen LogP contribution in [0.15, 0.2) is 97.2 Å². The minimum absolute atomic E-state index is 0.0806. The van der Waals surface area contributed by atoms with Crippen molar-refractivity contribution in [3.8, 4) is 0 Å². The summed E-state index contributed by atoms with van der Waals surface area (Å²) in [6, 6.07) is -0.646. The topological polar surface area (TPSA) is 69.6 Å². The van der Waals surface area contributed by atoms with Gasteiger partial charge in [0.15, 0.2) is 0 Å². The van der Waals surface area contributed by atoms with Crippen LogP contribution in [0.4, 0.5) is 0 Å². The summed E-state index contributed by atoms with van der Waals surface area (Å²) >= 11 is 0. The van der Waals surface area contributed by atoms with E-state index in [0.717, 1.165) is 77.0 Å². The highest BCUT2D eigenvalue weighted by atomic mass is 16.3. The van der Waals surface area contributed by atoms with Gasteiger partial charge in [0.1, 0.15) is 0 Å². The molecule has 4 nitrogen and oxygen atoms in total. The fraction of sp³-hybridized carbons (Fsp3) is 0.696. The summed E-state index contributed by atoms with van der Waals surface area (Å²) in [7, 11) is 0. The highest BCUT2D eigenvalue weighted by molar-refractivity contribution is 5.76. The lowest BCUT2D eigenvalue weighted by atomic mass is 10.0. The number of allylic oxidation sites excluding steroid dienone is 15. The maximum absolute atomic E-state index is 12.4. The molecule has 2 atom stereocenters. The molecule has 2 unspecified atom stereocenters. The molecule has 0 heterocycles. The van der Waals surface area contributed by atoms with Gasteiger partial charge in [-0.3, -0.25) is 4.79 Å². The number of unbranched alkanes of at least 4 members (excludes halogenated alkanes) is 24. The van der Waals surface area contributed by atoms with Crippen LogP contribution in [-0.2, 0) is 4.79 Å². The lowest BCUT2D eigenvalue weighted by molar-refractivity contribution is -0.123. The molecule has 0 aliphatic carbocycles. The zero-order valence-corrected chi connectivity index (χ0v) is 39.4. The predicted octanol–water partition coefficient (Wildman–Crippen LogP) is 16.6. The van der Waals surface area contributed by atoms with Crippen LogP contribution < -0.4 is 5.32 Å². The van der Waals surface area contributed by atoms with E-state index in [1.165, 1.54) is 135 Å². The van der Waals surface area contributed by atoms with Crippen molar-refractivity contribution in [1.82, 2.24) is 5.32 Å². The van der Waals surface area contributed by atoms with Gasteiger partial charge in [-0.15, -0.1) is 0 Å². The Morgan fingerprint density at radius 1 is 0.417 bits per heavy atom. The van der Waals surface area contributed by atoms with Crippen LogP contribution in [-0.4, -0.2) is 34.9 Å². The van der Waals surface area contributed by atoms with E-state index in [1.807, 2.05) is 6.08 Å². The van der Waals surface area contributed by atoms with Crippen molar-refractivity contribution < 1.29 is 15.0 Å². The van der Waals surface area contributed by atoms with Crippen LogP contribution in [0.1, 0.15) is 232 Å². The maximum atomic E-state index is 12.4. The number of hydrogen-bond acceptors (Lipinski definition) is 3. The monoisotopic (exact) mass is 832 g/mol. The lowest BCUT2D eigenvalue weighted by Gasteiger charge is -2.19. The molecule has 0 aromatic rings. The summed E-state index contributed by atoms with van der Waals surface area (Å²) in [5.74, 6) is -0.0806. The van der Waals surface area contributed by atoms with Crippen LogP contribution in [0.3, 0.4) is 0 Å². The van der Waals surface area contributed by atoms with Crippen molar-refractivity contribution in [2.45, 2.75) is 244 Å². The van der Waals surface area contributed by atoms with Crippen LogP contribution >= 0.6 is 0 Å². The molecule has 0 fully saturated rings. The average Bonchev–Trinajstić information content (AvgIpc) is 3.25. The molecular weight excluding hydrogens is 735 g/mol. The summed E-state index contributed by atoms with van der Waals surface area (Å²) in [6.45, 7) is 4.10. The summed E-state index contributed by atoms with van der Waals surface area (Å²) in [6.07, 6.45) is 75.6. The molecule has 0 aromatic heterocycles. The third-order valence-electron chi connectivity index (χ3n) is 11.0. The third-order valence-corrected chi connectivity index (χ3v) is 11.0. The highest BCUT2D eigenvalue weighted by Crippen LogP contribution is 2.16. The maximum Gasteiger partial charge on any atom is 0.220 e. The zero-order valence-electron chi connectivity index (χ0n) is 39.4. The summed E-state index contributed by atoms with van der Waals surface area (Å²) in [4.78, 5) is 12.4. The number of amides is 1. The Hall–Kier alpha value is -2.69. The predicted molar refractivity (Wildman–Crippen MR) is 266 cm³/mol. The second-order valence-electron chi connectivity index (χ2n) is 16.8. The van der Waals surface area contributed by atoms with Crippen molar-refractivity contribution >= 4 is 5.91 Å². The molecule has 0 saturated carbocycles. The van der Waals surface area contributed by atoms with Crippen molar-refractivity contribution in [1.29, 1.82) is 0 Å².